The van der Waals surface area contributed by atoms with Gasteiger partial charge in [0.25, 0.3) is 0 Å². The van der Waals surface area contributed by atoms with Crippen molar-refractivity contribution in [2.24, 2.45) is 11.7 Å². The Morgan fingerprint density at radius 1 is 1.44 bits per heavy atom. The van der Waals surface area contributed by atoms with Crippen LogP contribution in [0.2, 0.25) is 0 Å². The maximum atomic E-state index is 11.7. The number of halogens is 1. The number of hydrogen-bond acceptors (Lipinski definition) is 2. The fraction of sp³-hybridized carbons (Fsp3) is 0.417. The lowest BCUT2D eigenvalue weighted by Gasteiger charge is -2.15. The summed E-state index contributed by atoms with van der Waals surface area (Å²) in [5.41, 5.74) is 7.61. The van der Waals surface area contributed by atoms with Crippen LogP contribution in [0.15, 0.2) is 22.7 Å². The topological polar surface area (TPSA) is 55.1 Å². The molecule has 1 amide bonds. The standard InChI is InChI=1S/C12H17BrN2O/c1-7(2)11(14)12(16)15-9-4-5-10(13)8(3)6-9/h4-7,11H,14H2,1-3H3,(H,15,16)/t11-/m1/s1. The van der Waals surface area contributed by atoms with Gasteiger partial charge in [-0.1, -0.05) is 29.8 Å². The summed E-state index contributed by atoms with van der Waals surface area (Å²) in [4.78, 5) is 11.7. The van der Waals surface area contributed by atoms with Crippen LogP contribution in [0.4, 0.5) is 5.69 Å². The van der Waals surface area contributed by atoms with Crippen molar-refractivity contribution >= 4 is 27.5 Å². The van der Waals surface area contributed by atoms with Gasteiger partial charge >= 0.3 is 0 Å². The number of anilines is 1. The van der Waals surface area contributed by atoms with E-state index in [9.17, 15) is 4.79 Å². The average Bonchev–Trinajstić information content (AvgIpc) is 2.22. The van der Waals surface area contributed by atoms with Crippen molar-refractivity contribution < 1.29 is 4.79 Å². The molecule has 3 N–H and O–H groups in total. The van der Waals surface area contributed by atoms with E-state index in [0.29, 0.717) is 0 Å². The van der Waals surface area contributed by atoms with Crippen LogP contribution in [-0.2, 0) is 4.79 Å². The zero-order chi connectivity index (χ0) is 12.3. The van der Waals surface area contributed by atoms with Crippen LogP contribution in [0, 0.1) is 12.8 Å². The van der Waals surface area contributed by atoms with Crippen LogP contribution in [0.25, 0.3) is 0 Å². The predicted octanol–water partition coefficient (Wildman–Crippen LogP) is 2.68. The largest absolute Gasteiger partial charge is 0.325 e. The highest BCUT2D eigenvalue weighted by Crippen LogP contribution is 2.20. The third kappa shape index (κ3) is 3.32. The van der Waals surface area contributed by atoms with Crippen LogP contribution < -0.4 is 11.1 Å². The van der Waals surface area contributed by atoms with Gasteiger partial charge in [0.15, 0.2) is 0 Å². The third-order valence-corrected chi connectivity index (χ3v) is 3.34. The van der Waals surface area contributed by atoms with E-state index >= 15 is 0 Å². The Balaban J connectivity index is 2.74. The summed E-state index contributed by atoms with van der Waals surface area (Å²) in [7, 11) is 0. The third-order valence-electron chi connectivity index (χ3n) is 2.45. The van der Waals surface area contributed by atoms with Gasteiger partial charge < -0.3 is 11.1 Å². The highest BCUT2D eigenvalue weighted by atomic mass is 79.9. The minimum Gasteiger partial charge on any atom is -0.325 e. The average molecular weight is 285 g/mol. The first-order valence-corrected chi connectivity index (χ1v) is 6.03. The number of nitrogens with two attached hydrogens (primary N) is 1. The number of rotatable bonds is 3. The van der Waals surface area contributed by atoms with Gasteiger partial charge in [0.05, 0.1) is 6.04 Å². The Bertz CT molecular complexity index is 391. The van der Waals surface area contributed by atoms with Crippen molar-refractivity contribution in [3.63, 3.8) is 0 Å². The van der Waals surface area contributed by atoms with Crippen molar-refractivity contribution in [2.45, 2.75) is 26.8 Å². The number of aryl methyl sites for hydroxylation is 1. The molecular weight excluding hydrogens is 268 g/mol. The molecule has 0 radical (unpaired) electrons. The summed E-state index contributed by atoms with van der Waals surface area (Å²) in [6.45, 7) is 5.83. The molecule has 1 aromatic rings. The molecule has 0 unspecified atom stereocenters. The van der Waals surface area contributed by atoms with E-state index in [1.54, 1.807) is 0 Å². The van der Waals surface area contributed by atoms with Crippen molar-refractivity contribution in [1.29, 1.82) is 0 Å². The summed E-state index contributed by atoms with van der Waals surface area (Å²) >= 11 is 3.41. The first-order valence-electron chi connectivity index (χ1n) is 5.24. The zero-order valence-corrected chi connectivity index (χ0v) is 11.3. The van der Waals surface area contributed by atoms with Crippen LogP contribution >= 0.6 is 15.9 Å². The second-order valence-electron chi connectivity index (χ2n) is 4.22. The highest BCUT2D eigenvalue weighted by molar-refractivity contribution is 9.10. The van der Waals surface area contributed by atoms with Gasteiger partial charge in [-0.15, -0.1) is 0 Å². The van der Waals surface area contributed by atoms with Crippen molar-refractivity contribution in [3.8, 4) is 0 Å². The zero-order valence-electron chi connectivity index (χ0n) is 9.75. The van der Waals surface area contributed by atoms with Gasteiger partial charge in [-0.3, -0.25) is 4.79 Å². The molecule has 0 aliphatic carbocycles. The summed E-state index contributed by atoms with van der Waals surface area (Å²) in [5.74, 6) is -0.00623. The molecule has 0 fully saturated rings. The lowest BCUT2D eigenvalue weighted by Crippen LogP contribution is -2.39. The molecule has 0 spiro atoms. The van der Waals surface area contributed by atoms with Gasteiger partial charge in [-0.05, 0) is 36.6 Å². The minimum atomic E-state index is -0.469. The summed E-state index contributed by atoms with van der Waals surface area (Å²) in [6.07, 6.45) is 0. The van der Waals surface area contributed by atoms with E-state index in [4.69, 9.17) is 5.73 Å². The number of amides is 1. The number of benzene rings is 1. The first-order chi connectivity index (χ1) is 7.41. The number of carbonyl (C=O) groups is 1. The SMILES string of the molecule is Cc1cc(NC(=O)[C@H](N)C(C)C)ccc1Br. The van der Waals surface area contributed by atoms with E-state index in [1.165, 1.54) is 0 Å². The quantitative estimate of drug-likeness (QED) is 0.897. The van der Waals surface area contributed by atoms with E-state index < -0.39 is 6.04 Å². The van der Waals surface area contributed by atoms with Crippen LogP contribution in [0.5, 0.6) is 0 Å². The fourth-order valence-electron chi connectivity index (χ4n) is 1.25. The predicted molar refractivity (Wildman–Crippen MR) is 70.3 cm³/mol. The molecule has 3 nitrogen and oxygen atoms in total. The van der Waals surface area contributed by atoms with Crippen molar-refractivity contribution in [3.05, 3.63) is 28.2 Å². The Morgan fingerprint density at radius 3 is 2.56 bits per heavy atom. The molecule has 4 heteroatoms. The van der Waals surface area contributed by atoms with Crippen LogP contribution in [-0.4, -0.2) is 11.9 Å². The molecule has 0 aliphatic rings. The van der Waals surface area contributed by atoms with Gasteiger partial charge in [-0.25, -0.2) is 0 Å². The molecule has 0 saturated carbocycles. The lowest BCUT2D eigenvalue weighted by molar-refractivity contribution is -0.118. The molecule has 1 atom stereocenters. The maximum Gasteiger partial charge on any atom is 0.241 e. The molecular formula is C12H17BrN2O. The number of carbonyl (C=O) groups excluding carboxylic acids is 1. The fourth-order valence-corrected chi connectivity index (χ4v) is 1.50. The van der Waals surface area contributed by atoms with Crippen LogP contribution in [0.3, 0.4) is 0 Å². The normalized spacial score (nSPS) is 12.6. The second kappa shape index (κ2) is 5.46. The Hall–Kier alpha value is -0.870. The second-order valence-corrected chi connectivity index (χ2v) is 5.08. The molecule has 1 rings (SSSR count). The first kappa shape index (κ1) is 13.2. The minimum absolute atomic E-state index is 0.136. The molecule has 0 saturated heterocycles. The molecule has 0 aliphatic heterocycles. The van der Waals surface area contributed by atoms with Gasteiger partial charge in [-0.2, -0.15) is 0 Å². The van der Waals surface area contributed by atoms with Crippen molar-refractivity contribution in [2.75, 3.05) is 5.32 Å². The Labute approximate surface area is 105 Å². The monoisotopic (exact) mass is 284 g/mol. The Morgan fingerprint density at radius 2 is 2.06 bits per heavy atom. The van der Waals surface area contributed by atoms with E-state index in [2.05, 4.69) is 21.2 Å². The molecule has 0 heterocycles. The van der Waals surface area contributed by atoms with Gasteiger partial charge in [0.2, 0.25) is 5.91 Å². The Kier molecular flexibility index (Phi) is 4.50. The number of hydrogen-bond donors (Lipinski definition) is 2. The van der Waals surface area contributed by atoms with Crippen LogP contribution in [0.1, 0.15) is 19.4 Å². The van der Waals surface area contributed by atoms with E-state index in [0.717, 1.165) is 15.7 Å². The summed E-state index contributed by atoms with van der Waals surface area (Å²) in [6, 6.07) is 5.20. The molecule has 0 aromatic heterocycles. The molecule has 0 bridgehead atoms. The highest BCUT2D eigenvalue weighted by Gasteiger charge is 2.17. The molecule has 1 aromatic carbocycles. The lowest BCUT2D eigenvalue weighted by atomic mass is 10.0. The number of nitrogens with one attached hydrogen (secondary N) is 1. The maximum absolute atomic E-state index is 11.7. The molecule has 88 valence electrons. The summed E-state index contributed by atoms with van der Waals surface area (Å²) in [5, 5.41) is 2.81. The van der Waals surface area contributed by atoms with Gasteiger partial charge in [0, 0.05) is 10.2 Å². The van der Waals surface area contributed by atoms with E-state index in [-0.39, 0.29) is 11.8 Å². The smallest absolute Gasteiger partial charge is 0.241 e. The van der Waals surface area contributed by atoms with Gasteiger partial charge in [0.1, 0.15) is 0 Å². The van der Waals surface area contributed by atoms with E-state index in [1.807, 2.05) is 39.0 Å². The van der Waals surface area contributed by atoms with Crippen molar-refractivity contribution in [1.82, 2.24) is 0 Å². The summed E-state index contributed by atoms with van der Waals surface area (Å²) < 4.78 is 1.03. The molecule has 16 heavy (non-hydrogen) atoms.